The molecule has 0 spiro atoms. The molecule has 0 fully saturated rings. The van der Waals surface area contributed by atoms with E-state index in [2.05, 4.69) is 0 Å². The summed E-state index contributed by atoms with van der Waals surface area (Å²) in [6.07, 6.45) is -1.78. The van der Waals surface area contributed by atoms with Gasteiger partial charge in [0.1, 0.15) is 0 Å². The van der Waals surface area contributed by atoms with Crippen molar-refractivity contribution in [3.8, 4) is 0 Å². The third kappa shape index (κ3) is 3.14. The lowest BCUT2D eigenvalue weighted by Gasteiger charge is -2.10. The molecule has 1 N–H and O–H groups in total. The second kappa shape index (κ2) is 5.08. The molecular formula is C10H7Cl2F3O. The fourth-order valence-corrected chi connectivity index (χ4v) is 1.69. The van der Waals surface area contributed by atoms with Gasteiger partial charge in [0.2, 0.25) is 0 Å². The van der Waals surface area contributed by atoms with Gasteiger partial charge in [0.05, 0.1) is 12.2 Å². The number of hydrogen-bond acceptors (Lipinski definition) is 1. The highest BCUT2D eigenvalue weighted by molar-refractivity contribution is 6.37. The summed E-state index contributed by atoms with van der Waals surface area (Å²) in [7, 11) is 0. The number of rotatable bonds is 2. The first-order valence-corrected chi connectivity index (χ1v) is 4.95. The molecule has 0 heterocycles. The predicted molar refractivity (Wildman–Crippen MR) is 57.6 cm³/mol. The highest BCUT2D eigenvalue weighted by atomic mass is 35.5. The van der Waals surface area contributed by atoms with Crippen LogP contribution in [0.5, 0.6) is 0 Å². The third-order valence-corrected chi connectivity index (χ3v) is 2.42. The second-order valence-electron chi connectivity index (χ2n) is 2.94. The maximum Gasteiger partial charge on any atom is 0.416 e. The smallest absolute Gasteiger partial charge is 0.392 e. The first-order valence-electron chi connectivity index (χ1n) is 4.20. The summed E-state index contributed by atoms with van der Waals surface area (Å²) in [6, 6.07) is 1.59. The van der Waals surface area contributed by atoms with E-state index in [4.69, 9.17) is 28.3 Å². The van der Waals surface area contributed by atoms with E-state index in [0.717, 1.165) is 12.1 Å². The highest BCUT2D eigenvalue weighted by Gasteiger charge is 2.31. The minimum absolute atomic E-state index is 0.107. The van der Waals surface area contributed by atoms with Gasteiger partial charge in [-0.15, -0.1) is 0 Å². The molecule has 0 saturated carbocycles. The fraction of sp³-hybridized carbons (Fsp3) is 0.200. The van der Waals surface area contributed by atoms with Crippen molar-refractivity contribution >= 4 is 29.3 Å². The lowest BCUT2D eigenvalue weighted by atomic mass is 10.1. The van der Waals surface area contributed by atoms with Crippen LogP contribution in [0.3, 0.4) is 0 Å². The molecule has 0 aliphatic rings. The molecule has 0 aliphatic carbocycles. The van der Waals surface area contributed by atoms with Gasteiger partial charge in [-0.25, -0.2) is 0 Å². The molecule has 1 rings (SSSR count). The zero-order valence-electron chi connectivity index (χ0n) is 7.85. The van der Waals surface area contributed by atoms with E-state index >= 15 is 0 Å². The quantitative estimate of drug-likeness (QED) is 0.861. The maximum atomic E-state index is 12.4. The van der Waals surface area contributed by atoms with Gasteiger partial charge in [-0.05, 0) is 12.1 Å². The summed E-state index contributed by atoms with van der Waals surface area (Å²) in [4.78, 5) is 0. The summed E-state index contributed by atoms with van der Waals surface area (Å²) >= 11 is 11.3. The Kier molecular flexibility index (Phi) is 4.24. The number of alkyl halides is 3. The first-order chi connectivity index (χ1) is 7.36. The highest BCUT2D eigenvalue weighted by Crippen LogP contribution is 2.36. The normalized spacial score (nSPS) is 12.4. The molecule has 0 aromatic heterocycles. The van der Waals surface area contributed by atoms with Gasteiger partial charge >= 0.3 is 6.18 Å². The number of halogens is 5. The lowest BCUT2D eigenvalue weighted by Crippen LogP contribution is -2.05. The summed E-state index contributed by atoms with van der Waals surface area (Å²) in [5.41, 5.74) is -0.644. The Hall–Kier alpha value is -0.710. The molecule has 1 nitrogen and oxygen atoms in total. The molecule has 6 heteroatoms. The molecule has 0 bridgehead atoms. The van der Waals surface area contributed by atoms with E-state index in [0.29, 0.717) is 0 Å². The summed E-state index contributed by atoms with van der Waals surface area (Å²) in [6.45, 7) is -0.242. The van der Waals surface area contributed by atoms with Gasteiger partial charge in [0.25, 0.3) is 0 Å². The van der Waals surface area contributed by atoms with E-state index in [-0.39, 0.29) is 22.2 Å². The standard InChI is InChI=1S/C10H7Cl2F3O/c11-8-4-6(10(13,14)15)5-9(12)7(8)2-1-3-16/h1-2,4-5,16H,3H2. The van der Waals surface area contributed by atoms with Gasteiger partial charge in [0.15, 0.2) is 0 Å². The number of benzene rings is 1. The molecule has 0 atom stereocenters. The molecule has 1 aromatic carbocycles. The summed E-state index contributed by atoms with van der Waals surface area (Å²) in [5, 5.41) is 8.33. The Labute approximate surface area is 100 Å². The number of aliphatic hydroxyl groups is 1. The van der Waals surface area contributed by atoms with Crippen LogP contribution in [0.15, 0.2) is 18.2 Å². The molecule has 0 saturated heterocycles. The van der Waals surface area contributed by atoms with Crippen LogP contribution in [0, 0.1) is 0 Å². The van der Waals surface area contributed by atoms with Crippen molar-refractivity contribution in [3.63, 3.8) is 0 Å². The fourth-order valence-electron chi connectivity index (χ4n) is 1.08. The van der Waals surface area contributed by atoms with Crippen LogP contribution in [0.1, 0.15) is 11.1 Å². The van der Waals surface area contributed by atoms with Crippen molar-refractivity contribution in [1.29, 1.82) is 0 Å². The van der Waals surface area contributed by atoms with E-state index < -0.39 is 11.7 Å². The van der Waals surface area contributed by atoms with Crippen molar-refractivity contribution < 1.29 is 18.3 Å². The van der Waals surface area contributed by atoms with Crippen LogP contribution in [0.4, 0.5) is 13.2 Å². The number of hydrogen-bond donors (Lipinski definition) is 1. The van der Waals surface area contributed by atoms with Crippen LogP contribution in [0.25, 0.3) is 6.08 Å². The average molecular weight is 271 g/mol. The lowest BCUT2D eigenvalue weighted by molar-refractivity contribution is -0.137. The Morgan fingerprint density at radius 3 is 2.06 bits per heavy atom. The molecule has 88 valence electrons. The summed E-state index contributed by atoms with van der Waals surface area (Å²) in [5.74, 6) is 0. The van der Waals surface area contributed by atoms with Crippen molar-refractivity contribution in [2.45, 2.75) is 6.18 Å². The topological polar surface area (TPSA) is 20.2 Å². The first kappa shape index (κ1) is 13.4. The molecule has 0 unspecified atom stereocenters. The van der Waals surface area contributed by atoms with Gasteiger partial charge in [-0.1, -0.05) is 35.4 Å². The molecule has 1 aromatic rings. The minimum Gasteiger partial charge on any atom is -0.392 e. The maximum absolute atomic E-state index is 12.4. The molecule has 16 heavy (non-hydrogen) atoms. The van der Waals surface area contributed by atoms with Crippen LogP contribution < -0.4 is 0 Å². The SMILES string of the molecule is OCC=Cc1c(Cl)cc(C(F)(F)F)cc1Cl. The average Bonchev–Trinajstić information content (AvgIpc) is 2.15. The monoisotopic (exact) mass is 270 g/mol. The third-order valence-electron chi connectivity index (χ3n) is 1.80. The predicted octanol–water partition coefficient (Wildman–Crippen LogP) is 4.02. The Morgan fingerprint density at radius 1 is 1.19 bits per heavy atom. The Bertz CT molecular complexity index is 390. The number of aliphatic hydroxyl groups excluding tert-OH is 1. The molecule has 0 amide bonds. The van der Waals surface area contributed by atoms with E-state index in [9.17, 15) is 13.2 Å². The Balaban J connectivity index is 3.23. The minimum atomic E-state index is -4.48. The van der Waals surface area contributed by atoms with Gasteiger partial charge in [-0.3, -0.25) is 0 Å². The van der Waals surface area contributed by atoms with Crippen LogP contribution in [-0.2, 0) is 6.18 Å². The van der Waals surface area contributed by atoms with Crippen molar-refractivity contribution in [2.24, 2.45) is 0 Å². The van der Waals surface area contributed by atoms with Crippen LogP contribution >= 0.6 is 23.2 Å². The van der Waals surface area contributed by atoms with Crippen molar-refractivity contribution in [1.82, 2.24) is 0 Å². The molecule has 0 radical (unpaired) electrons. The van der Waals surface area contributed by atoms with E-state index in [1.807, 2.05) is 0 Å². The van der Waals surface area contributed by atoms with Crippen LogP contribution in [0.2, 0.25) is 10.0 Å². The van der Waals surface area contributed by atoms with E-state index in [1.54, 1.807) is 0 Å². The second-order valence-corrected chi connectivity index (χ2v) is 3.75. The van der Waals surface area contributed by atoms with Gasteiger partial charge in [0, 0.05) is 15.6 Å². The largest absolute Gasteiger partial charge is 0.416 e. The van der Waals surface area contributed by atoms with Crippen molar-refractivity contribution in [2.75, 3.05) is 6.61 Å². The molecular weight excluding hydrogens is 264 g/mol. The van der Waals surface area contributed by atoms with Crippen molar-refractivity contribution in [3.05, 3.63) is 39.4 Å². The van der Waals surface area contributed by atoms with Gasteiger partial charge in [-0.2, -0.15) is 13.2 Å². The van der Waals surface area contributed by atoms with Gasteiger partial charge < -0.3 is 5.11 Å². The molecule has 0 aliphatic heterocycles. The Morgan fingerprint density at radius 2 is 1.69 bits per heavy atom. The van der Waals surface area contributed by atoms with E-state index in [1.165, 1.54) is 12.2 Å². The zero-order valence-corrected chi connectivity index (χ0v) is 9.37. The van der Waals surface area contributed by atoms with Crippen LogP contribution in [-0.4, -0.2) is 11.7 Å². The summed E-state index contributed by atoms with van der Waals surface area (Å²) < 4.78 is 37.1. The zero-order chi connectivity index (χ0) is 12.3.